The van der Waals surface area contributed by atoms with Gasteiger partial charge < -0.3 is 15.0 Å². The van der Waals surface area contributed by atoms with Crippen LogP contribution in [0.4, 0.5) is 5.95 Å². The summed E-state index contributed by atoms with van der Waals surface area (Å²) in [5, 5.41) is 4.46. The number of rotatable bonds is 4. The van der Waals surface area contributed by atoms with E-state index in [-0.39, 0.29) is 0 Å². The molecule has 0 radical (unpaired) electrons. The van der Waals surface area contributed by atoms with Gasteiger partial charge in [-0.25, -0.2) is 15.0 Å². The van der Waals surface area contributed by atoms with Crippen LogP contribution in [0.2, 0.25) is 0 Å². The zero-order valence-corrected chi connectivity index (χ0v) is 17.3. The predicted octanol–water partition coefficient (Wildman–Crippen LogP) is 4.08. The molecule has 7 heteroatoms. The molecule has 0 unspecified atom stereocenters. The van der Waals surface area contributed by atoms with E-state index in [4.69, 9.17) is 9.72 Å². The van der Waals surface area contributed by atoms with Crippen molar-refractivity contribution in [3.8, 4) is 10.6 Å². The summed E-state index contributed by atoms with van der Waals surface area (Å²) in [7, 11) is 0. The molecule has 3 heterocycles. The number of nitrogens with zero attached hydrogens (tertiary/aromatic N) is 4. The standard InChI is InChI=1S/C21H25N5OS/c1-14-13-17(5-4-6-19(14)26-9-11-27-12-10-26)24-21-22-8-7-18(25-21)20-15(2)23-16(3)28-20/h4,6-8,13H,5,9-12H2,1-3H3,(H,22,24,25). The molecule has 2 aromatic heterocycles. The third-order valence-electron chi connectivity index (χ3n) is 4.82. The molecule has 4 rings (SSSR count). The Morgan fingerprint density at radius 2 is 1.96 bits per heavy atom. The van der Waals surface area contributed by atoms with Gasteiger partial charge in [0.1, 0.15) is 0 Å². The largest absolute Gasteiger partial charge is 0.378 e. The Bertz CT molecular complexity index is 953. The summed E-state index contributed by atoms with van der Waals surface area (Å²) in [5.74, 6) is 0.616. The van der Waals surface area contributed by atoms with Crippen molar-refractivity contribution >= 4 is 17.3 Å². The molecule has 0 saturated carbocycles. The smallest absolute Gasteiger partial charge is 0.227 e. The normalized spacial score (nSPS) is 17.5. The minimum Gasteiger partial charge on any atom is -0.378 e. The van der Waals surface area contributed by atoms with Crippen LogP contribution in [0, 0.1) is 13.8 Å². The summed E-state index contributed by atoms with van der Waals surface area (Å²) in [6.07, 6.45) is 9.22. The molecule has 28 heavy (non-hydrogen) atoms. The maximum Gasteiger partial charge on any atom is 0.227 e. The zero-order chi connectivity index (χ0) is 19.5. The van der Waals surface area contributed by atoms with Gasteiger partial charge in [-0.05, 0) is 44.6 Å². The molecular weight excluding hydrogens is 370 g/mol. The molecule has 146 valence electrons. The van der Waals surface area contributed by atoms with Crippen LogP contribution in [0.25, 0.3) is 10.6 Å². The number of thiazole rings is 1. The monoisotopic (exact) mass is 395 g/mol. The maximum atomic E-state index is 5.48. The number of nitrogens with one attached hydrogen (secondary N) is 1. The van der Waals surface area contributed by atoms with Gasteiger partial charge in [-0.1, -0.05) is 6.08 Å². The van der Waals surface area contributed by atoms with Crippen molar-refractivity contribution in [1.29, 1.82) is 0 Å². The molecule has 2 aromatic rings. The van der Waals surface area contributed by atoms with Crippen molar-refractivity contribution in [3.05, 3.63) is 58.2 Å². The van der Waals surface area contributed by atoms with E-state index in [9.17, 15) is 0 Å². The first-order chi connectivity index (χ1) is 13.6. The highest BCUT2D eigenvalue weighted by molar-refractivity contribution is 7.15. The van der Waals surface area contributed by atoms with Gasteiger partial charge in [-0.3, -0.25) is 0 Å². The molecule has 1 fully saturated rings. The van der Waals surface area contributed by atoms with Crippen molar-refractivity contribution in [3.63, 3.8) is 0 Å². The zero-order valence-electron chi connectivity index (χ0n) is 16.5. The summed E-state index contributed by atoms with van der Waals surface area (Å²) in [4.78, 5) is 17.1. The summed E-state index contributed by atoms with van der Waals surface area (Å²) in [6.45, 7) is 9.65. The molecule has 0 bridgehead atoms. The van der Waals surface area contributed by atoms with Crippen LogP contribution in [0.3, 0.4) is 0 Å². The second-order valence-corrected chi connectivity index (χ2v) is 8.18. The highest BCUT2D eigenvalue weighted by Crippen LogP contribution is 2.29. The Morgan fingerprint density at radius 1 is 1.14 bits per heavy atom. The fourth-order valence-electron chi connectivity index (χ4n) is 3.53. The number of ether oxygens (including phenoxy) is 1. The van der Waals surface area contributed by atoms with Crippen molar-refractivity contribution in [2.75, 3.05) is 31.6 Å². The van der Waals surface area contributed by atoms with Crippen LogP contribution < -0.4 is 5.32 Å². The van der Waals surface area contributed by atoms with Gasteiger partial charge in [0.05, 0.1) is 34.5 Å². The van der Waals surface area contributed by atoms with E-state index in [0.717, 1.165) is 59.7 Å². The van der Waals surface area contributed by atoms with E-state index >= 15 is 0 Å². The molecular formula is C21H25N5OS. The van der Waals surface area contributed by atoms with Gasteiger partial charge in [0, 0.05) is 37.1 Å². The van der Waals surface area contributed by atoms with E-state index < -0.39 is 0 Å². The topological polar surface area (TPSA) is 63.2 Å². The molecule has 2 aliphatic rings. The molecule has 1 aliphatic carbocycles. The number of anilines is 1. The quantitative estimate of drug-likeness (QED) is 0.842. The second kappa shape index (κ2) is 8.24. The lowest BCUT2D eigenvalue weighted by Gasteiger charge is -2.30. The van der Waals surface area contributed by atoms with E-state index in [1.165, 1.54) is 11.3 Å². The second-order valence-electron chi connectivity index (χ2n) is 6.98. The van der Waals surface area contributed by atoms with Gasteiger partial charge >= 0.3 is 0 Å². The molecule has 0 spiro atoms. The number of hydrogen-bond acceptors (Lipinski definition) is 7. The molecule has 1 aliphatic heterocycles. The van der Waals surface area contributed by atoms with Gasteiger partial charge in [-0.15, -0.1) is 11.3 Å². The van der Waals surface area contributed by atoms with Crippen LogP contribution >= 0.6 is 11.3 Å². The average Bonchev–Trinajstić information content (AvgIpc) is 2.92. The SMILES string of the molecule is CC1=C(N2CCOCC2)C=CCC(Nc2nccc(-c3sc(C)nc3C)n2)=C1. The van der Waals surface area contributed by atoms with Crippen molar-refractivity contribution in [2.24, 2.45) is 0 Å². The Labute approximate surface area is 169 Å². The highest BCUT2D eigenvalue weighted by atomic mass is 32.1. The van der Waals surface area contributed by atoms with Gasteiger partial charge in [0.2, 0.25) is 5.95 Å². The Morgan fingerprint density at radius 3 is 2.71 bits per heavy atom. The first kappa shape index (κ1) is 18.8. The van der Waals surface area contributed by atoms with Crippen LogP contribution in [-0.4, -0.2) is 46.2 Å². The van der Waals surface area contributed by atoms with Gasteiger partial charge in [0.25, 0.3) is 0 Å². The van der Waals surface area contributed by atoms with Crippen molar-refractivity contribution in [2.45, 2.75) is 27.2 Å². The first-order valence-electron chi connectivity index (χ1n) is 9.55. The summed E-state index contributed by atoms with van der Waals surface area (Å²) in [5.41, 5.74) is 5.52. The lowest BCUT2D eigenvalue weighted by Crippen LogP contribution is -2.35. The number of morpholine rings is 1. The molecule has 0 amide bonds. The third-order valence-corrected chi connectivity index (χ3v) is 5.92. The van der Waals surface area contributed by atoms with Crippen LogP contribution in [-0.2, 0) is 4.74 Å². The van der Waals surface area contributed by atoms with Crippen molar-refractivity contribution < 1.29 is 4.74 Å². The number of hydrogen-bond donors (Lipinski definition) is 1. The minimum absolute atomic E-state index is 0.616. The molecule has 0 aromatic carbocycles. The first-order valence-corrected chi connectivity index (χ1v) is 10.4. The maximum absolute atomic E-state index is 5.48. The summed E-state index contributed by atoms with van der Waals surface area (Å²) >= 11 is 1.66. The van der Waals surface area contributed by atoms with Crippen molar-refractivity contribution in [1.82, 2.24) is 19.9 Å². The molecule has 0 atom stereocenters. The molecule has 1 saturated heterocycles. The van der Waals surface area contributed by atoms with Gasteiger partial charge in [-0.2, -0.15) is 0 Å². The Kier molecular flexibility index (Phi) is 5.54. The highest BCUT2D eigenvalue weighted by Gasteiger charge is 2.16. The number of allylic oxidation sites excluding steroid dienone is 4. The molecule has 1 N–H and O–H groups in total. The minimum atomic E-state index is 0.616. The lowest BCUT2D eigenvalue weighted by atomic mass is 10.2. The summed E-state index contributed by atoms with van der Waals surface area (Å²) in [6, 6.07) is 1.94. The molecule has 6 nitrogen and oxygen atoms in total. The van der Waals surface area contributed by atoms with Crippen LogP contribution in [0.1, 0.15) is 24.0 Å². The fraction of sp³-hybridized carbons (Fsp3) is 0.381. The van der Waals surface area contributed by atoms with E-state index in [2.05, 4.69) is 45.3 Å². The van der Waals surface area contributed by atoms with Gasteiger partial charge in [0.15, 0.2) is 0 Å². The Hall–Kier alpha value is -2.51. The average molecular weight is 396 g/mol. The Balaban J connectivity index is 1.56. The number of aromatic nitrogens is 3. The fourth-order valence-corrected chi connectivity index (χ4v) is 4.42. The predicted molar refractivity (Wildman–Crippen MR) is 113 cm³/mol. The summed E-state index contributed by atoms with van der Waals surface area (Å²) < 4.78 is 5.48. The third kappa shape index (κ3) is 4.15. The van der Waals surface area contributed by atoms with E-state index in [1.54, 1.807) is 17.5 Å². The van der Waals surface area contributed by atoms with E-state index in [0.29, 0.717) is 5.95 Å². The number of aryl methyl sites for hydroxylation is 2. The van der Waals surface area contributed by atoms with E-state index in [1.807, 2.05) is 19.9 Å². The van der Waals surface area contributed by atoms with Crippen LogP contribution in [0.15, 0.2) is 47.5 Å². The van der Waals surface area contributed by atoms with Crippen LogP contribution in [0.5, 0.6) is 0 Å². The lowest BCUT2D eigenvalue weighted by molar-refractivity contribution is 0.0550.